The van der Waals surface area contributed by atoms with E-state index < -0.39 is 5.76 Å². The zero-order chi connectivity index (χ0) is 15.5. The summed E-state index contributed by atoms with van der Waals surface area (Å²) in [4.78, 5) is 25.5. The third-order valence-electron chi connectivity index (χ3n) is 3.06. The van der Waals surface area contributed by atoms with Gasteiger partial charge in [-0.1, -0.05) is 12.1 Å². The van der Waals surface area contributed by atoms with E-state index >= 15 is 0 Å². The number of aryl methyl sites for hydroxylation is 1. The van der Waals surface area contributed by atoms with Gasteiger partial charge in [-0.3, -0.25) is 9.78 Å². The average Bonchev–Trinajstić information content (AvgIpc) is 2.84. The minimum absolute atomic E-state index is 0.0986. The number of H-pyrrole nitrogens is 1. The number of hydrogen-bond donors (Lipinski definition) is 2. The lowest BCUT2D eigenvalue weighted by Crippen LogP contribution is -2.20. The Kier molecular flexibility index (Phi) is 3.65. The summed E-state index contributed by atoms with van der Waals surface area (Å²) in [5.74, 6) is -0.178. The molecule has 0 aliphatic rings. The molecule has 3 rings (SSSR count). The highest BCUT2D eigenvalue weighted by Crippen LogP contribution is 2.16. The van der Waals surface area contributed by atoms with Crippen molar-refractivity contribution in [1.29, 1.82) is 0 Å². The average molecular weight is 298 g/mol. The van der Waals surface area contributed by atoms with Crippen molar-refractivity contribution in [3.05, 3.63) is 58.6 Å². The van der Waals surface area contributed by atoms with Gasteiger partial charge in [0.2, 0.25) is 0 Å². The van der Waals surface area contributed by atoms with E-state index in [-0.39, 0.29) is 12.5 Å². The van der Waals surface area contributed by atoms with Crippen molar-refractivity contribution in [2.24, 2.45) is 0 Å². The quantitative estimate of drug-likeness (QED) is 0.775. The number of rotatable bonds is 4. The number of carbonyl (C=O) groups excluding carboxylic acids is 1. The first-order valence-corrected chi connectivity index (χ1v) is 6.72. The second-order valence-corrected chi connectivity index (χ2v) is 4.88. The number of ether oxygens (including phenoxy) is 1. The van der Waals surface area contributed by atoms with Crippen LogP contribution in [0.4, 0.5) is 5.69 Å². The van der Waals surface area contributed by atoms with Crippen LogP contribution in [0.2, 0.25) is 0 Å². The number of amides is 1. The standard InChI is InChI=1S/C16H14N2O4/c1-10-3-2-4-12(7-10)21-9-15(19)17-11-5-6-13-14(8-11)22-16(20)18-13/h2-8H,9H2,1H3,(H,17,19)(H,18,20). The van der Waals surface area contributed by atoms with Crippen LogP contribution >= 0.6 is 0 Å². The number of oxazole rings is 1. The lowest BCUT2D eigenvalue weighted by molar-refractivity contribution is -0.118. The molecule has 6 heteroatoms. The van der Waals surface area contributed by atoms with Crippen molar-refractivity contribution in [1.82, 2.24) is 4.98 Å². The largest absolute Gasteiger partial charge is 0.484 e. The van der Waals surface area contributed by atoms with Crippen LogP contribution in [0.3, 0.4) is 0 Å². The summed E-state index contributed by atoms with van der Waals surface area (Å²) in [6.07, 6.45) is 0. The highest BCUT2D eigenvalue weighted by Gasteiger charge is 2.06. The Morgan fingerprint density at radius 2 is 2.14 bits per heavy atom. The van der Waals surface area contributed by atoms with Crippen LogP contribution < -0.4 is 15.8 Å². The van der Waals surface area contributed by atoms with E-state index in [9.17, 15) is 9.59 Å². The van der Waals surface area contributed by atoms with Crippen molar-refractivity contribution < 1.29 is 13.9 Å². The van der Waals surface area contributed by atoms with E-state index in [0.29, 0.717) is 22.5 Å². The molecule has 3 aromatic rings. The van der Waals surface area contributed by atoms with Gasteiger partial charge in [0.15, 0.2) is 12.2 Å². The summed E-state index contributed by atoms with van der Waals surface area (Å²) in [6, 6.07) is 12.4. The first kappa shape index (κ1) is 13.9. The topological polar surface area (TPSA) is 84.3 Å². The maximum Gasteiger partial charge on any atom is 0.417 e. The van der Waals surface area contributed by atoms with Crippen LogP contribution in [0.1, 0.15) is 5.56 Å². The third-order valence-corrected chi connectivity index (χ3v) is 3.06. The molecule has 2 N–H and O–H groups in total. The number of fused-ring (bicyclic) bond motifs is 1. The maximum absolute atomic E-state index is 11.9. The summed E-state index contributed by atoms with van der Waals surface area (Å²) >= 11 is 0. The first-order valence-electron chi connectivity index (χ1n) is 6.72. The Labute approximate surface area is 125 Å². The van der Waals surface area contributed by atoms with Crippen LogP contribution in [0.15, 0.2) is 51.7 Å². The molecule has 1 amide bonds. The van der Waals surface area contributed by atoms with Gasteiger partial charge in [-0.2, -0.15) is 0 Å². The molecule has 112 valence electrons. The van der Waals surface area contributed by atoms with Gasteiger partial charge in [0.25, 0.3) is 5.91 Å². The van der Waals surface area contributed by atoms with E-state index in [1.165, 1.54) is 0 Å². The molecule has 0 fully saturated rings. The van der Waals surface area contributed by atoms with Gasteiger partial charge in [0.05, 0.1) is 5.52 Å². The molecule has 0 aliphatic carbocycles. The second kappa shape index (κ2) is 5.77. The molecule has 0 radical (unpaired) electrons. The monoisotopic (exact) mass is 298 g/mol. The second-order valence-electron chi connectivity index (χ2n) is 4.88. The Morgan fingerprint density at radius 1 is 1.27 bits per heavy atom. The number of benzene rings is 2. The van der Waals surface area contributed by atoms with E-state index in [1.54, 1.807) is 24.3 Å². The van der Waals surface area contributed by atoms with Gasteiger partial charge < -0.3 is 14.5 Å². The summed E-state index contributed by atoms with van der Waals surface area (Å²) in [7, 11) is 0. The van der Waals surface area contributed by atoms with Gasteiger partial charge in [0.1, 0.15) is 5.75 Å². The maximum atomic E-state index is 11.9. The van der Waals surface area contributed by atoms with Crippen molar-refractivity contribution in [3.8, 4) is 5.75 Å². The molecule has 22 heavy (non-hydrogen) atoms. The van der Waals surface area contributed by atoms with E-state index in [0.717, 1.165) is 5.56 Å². The van der Waals surface area contributed by atoms with Crippen molar-refractivity contribution >= 4 is 22.7 Å². The minimum Gasteiger partial charge on any atom is -0.484 e. The molecule has 1 aromatic heterocycles. The summed E-state index contributed by atoms with van der Waals surface area (Å²) in [6.45, 7) is 1.85. The van der Waals surface area contributed by atoms with Crippen LogP contribution in [0.5, 0.6) is 5.75 Å². The minimum atomic E-state index is -0.527. The van der Waals surface area contributed by atoms with Crippen LogP contribution in [-0.4, -0.2) is 17.5 Å². The fourth-order valence-electron chi connectivity index (χ4n) is 2.07. The number of hydrogen-bond acceptors (Lipinski definition) is 4. The van der Waals surface area contributed by atoms with Gasteiger partial charge in [0, 0.05) is 11.8 Å². The molecule has 0 saturated heterocycles. The number of nitrogens with one attached hydrogen (secondary N) is 2. The lowest BCUT2D eigenvalue weighted by atomic mass is 10.2. The van der Waals surface area contributed by atoms with Gasteiger partial charge in [-0.25, -0.2) is 4.79 Å². The van der Waals surface area contributed by atoms with Crippen molar-refractivity contribution in [3.63, 3.8) is 0 Å². The first-order chi connectivity index (χ1) is 10.6. The van der Waals surface area contributed by atoms with Crippen LogP contribution in [0, 0.1) is 6.92 Å². The van der Waals surface area contributed by atoms with Crippen LogP contribution in [-0.2, 0) is 4.79 Å². The molecule has 0 bridgehead atoms. The molecule has 2 aromatic carbocycles. The Balaban J connectivity index is 1.64. The predicted octanol–water partition coefficient (Wildman–Crippen LogP) is 2.45. The van der Waals surface area contributed by atoms with E-state index in [1.807, 2.05) is 25.1 Å². The smallest absolute Gasteiger partial charge is 0.417 e. The normalized spacial score (nSPS) is 10.6. The Bertz CT molecular complexity index is 879. The van der Waals surface area contributed by atoms with Crippen LogP contribution in [0.25, 0.3) is 11.1 Å². The predicted molar refractivity (Wildman–Crippen MR) is 82.1 cm³/mol. The van der Waals surface area contributed by atoms with Gasteiger partial charge >= 0.3 is 5.76 Å². The fraction of sp³-hybridized carbons (Fsp3) is 0.125. The zero-order valence-electron chi connectivity index (χ0n) is 11.9. The molecule has 0 spiro atoms. The molecule has 0 aliphatic heterocycles. The molecule has 0 unspecified atom stereocenters. The summed E-state index contributed by atoms with van der Waals surface area (Å²) < 4.78 is 10.4. The lowest BCUT2D eigenvalue weighted by Gasteiger charge is -2.08. The van der Waals surface area contributed by atoms with E-state index in [2.05, 4.69) is 10.3 Å². The van der Waals surface area contributed by atoms with Crippen molar-refractivity contribution in [2.75, 3.05) is 11.9 Å². The molecular formula is C16H14N2O4. The molecule has 0 atom stereocenters. The zero-order valence-corrected chi connectivity index (χ0v) is 11.9. The number of aromatic nitrogens is 1. The number of aromatic amines is 1. The third kappa shape index (κ3) is 3.17. The van der Waals surface area contributed by atoms with Gasteiger partial charge in [-0.15, -0.1) is 0 Å². The van der Waals surface area contributed by atoms with E-state index in [4.69, 9.17) is 9.15 Å². The molecule has 0 saturated carbocycles. The summed E-state index contributed by atoms with van der Waals surface area (Å²) in [5.41, 5.74) is 2.57. The molecule has 1 heterocycles. The number of anilines is 1. The summed E-state index contributed by atoms with van der Waals surface area (Å²) in [5, 5.41) is 2.69. The highest BCUT2D eigenvalue weighted by atomic mass is 16.5. The van der Waals surface area contributed by atoms with Crippen molar-refractivity contribution in [2.45, 2.75) is 6.92 Å². The molecular weight excluding hydrogens is 284 g/mol. The van der Waals surface area contributed by atoms with Gasteiger partial charge in [-0.05, 0) is 36.8 Å². The highest BCUT2D eigenvalue weighted by molar-refractivity contribution is 5.93. The molecule has 6 nitrogen and oxygen atoms in total. The Hall–Kier alpha value is -3.02. The Morgan fingerprint density at radius 3 is 2.95 bits per heavy atom. The SMILES string of the molecule is Cc1cccc(OCC(=O)Nc2ccc3[nH]c(=O)oc3c2)c1. The number of carbonyl (C=O) groups is 1. The fourth-order valence-corrected chi connectivity index (χ4v) is 2.07.